The number of nitrogens with zero attached hydrogens (tertiary/aromatic N) is 2. The summed E-state index contributed by atoms with van der Waals surface area (Å²) in [5, 5.41) is 26.6. The van der Waals surface area contributed by atoms with Crippen LogP contribution in [-0.2, 0) is 76.1 Å². The Morgan fingerprint density at radius 1 is 0.819 bits per heavy atom. The molecule has 4 rings (SSSR count). The molecule has 20 heteroatoms. The van der Waals surface area contributed by atoms with Gasteiger partial charge in [0.1, 0.15) is 43.7 Å². The molecule has 20 nitrogen and oxygen atoms in total. The standard InChI is InChI=1S/C52H90N2O18/c1-25(2)19-38(56)68-44-32(9)43(27(4)24-64-51-47(62-17)46(61-16)40(57)35(12)67-51)70-49(60)34(11)45(69-39-20-28(5)54(15)23-30(7)65-39)31(8)42(71-50-41(58)37(53-63-18)21-29(6)66-50)26(3)22-52(14,72-36(13)55)48(59)33(44)10/h25-35,39-47,50-51,57-58H,19-24H2,1-18H3/b53-37+/t26-,27-,28-,29+,30-,31+,32-,33+,34+,35+,39-,40+,41+,42-,43+,44+,45-,46+,47+,50-,51+,52-/m0/s1. The van der Waals surface area contributed by atoms with E-state index in [0.717, 1.165) is 0 Å². The van der Waals surface area contributed by atoms with Crippen molar-refractivity contribution >= 4 is 29.4 Å². The predicted octanol–water partition coefficient (Wildman–Crippen LogP) is 4.84. The van der Waals surface area contributed by atoms with Gasteiger partial charge in [-0.05, 0) is 66.8 Å². The minimum atomic E-state index is -1.84. The van der Waals surface area contributed by atoms with E-state index in [1.165, 1.54) is 35.2 Å². The molecule has 0 aromatic carbocycles. The van der Waals surface area contributed by atoms with Crippen LogP contribution in [0.5, 0.6) is 0 Å². The zero-order valence-electron chi connectivity index (χ0n) is 46.3. The molecule has 22 atom stereocenters. The van der Waals surface area contributed by atoms with Crippen LogP contribution in [0.1, 0.15) is 123 Å². The van der Waals surface area contributed by atoms with Crippen molar-refractivity contribution in [2.75, 3.05) is 41.5 Å². The van der Waals surface area contributed by atoms with Gasteiger partial charge in [0.25, 0.3) is 0 Å². The zero-order chi connectivity index (χ0) is 54.1. The molecule has 4 aliphatic heterocycles. The van der Waals surface area contributed by atoms with Gasteiger partial charge in [0.2, 0.25) is 0 Å². The van der Waals surface area contributed by atoms with Crippen LogP contribution in [0.2, 0.25) is 0 Å². The summed E-state index contributed by atoms with van der Waals surface area (Å²) in [5.41, 5.74) is -1.54. The van der Waals surface area contributed by atoms with Crippen molar-refractivity contribution in [2.24, 2.45) is 46.6 Å². The molecule has 416 valence electrons. The van der Waals surface area contributed by atoms with Crippen LogP contribution in [0, 0.1) is 41.4 Å². The van der Waals surface area contributed by atoms with Crippen molar-refractivity contribution in [3.63, 3.8) is 0 Å². The number of oxime groups is 1. The summed E-state index contributed by atoms with van der Waals surface area (Å²) < 4.78 is 69.5. The Bertz CT molecular complexity index is 1790. The quantitative estimate of drug-likeness (QED) is 0.127. The van der Waals surface area contributed by atoms with Crippen LogP contribution >= 0.6 is 0 Å². The van der Waals surface area contributed by atoms with Gasteiger partial charge in [0, 0.05) is 70.7 Å². The Morgan fingerprint density at radius 3 is 2.07 bits per heavy atom. The van der Waals surface area contributed by atoms with Crippen LogP contribution in [-0.4, -0.2) is 184 Å². The van der Waals surface area contributed by atoms with E-state index in [0.29, 0.717) is 18.7 Å². The van der Waals surface area contributed by atoms with Crippen LogP contribution in [0.3, 0.4) is 0 Å². The first kappa shape index (κ1) is 61.7. The van der Waals surface area contributed by atoms with Gasteiger partial charge in [-0.25, -0.2) is 0 Å². The molecule has 0 aromatic heterocycles. The van der Waals surface area contributed by atoms with E-state index < -0.39 is 145 Å². The van der Waals surface area contributed by atoms with E-state index in [1.54, 1.807) is 34.6 Å². The summed E-state index contributed by atoms with van der Waals surface area (Å²) in [5.74, 6) is -7.76. The number of Topliss-reactive ketones (excluding diaryl/α,β-unsaturated/α-hetero) is 1. The molecule has 72 heavy (non-hydrogen) atoms. The summed E-state index contributed by atoms with van der Waals surface area (Å²) in [6.07, 6.45) is -12.2. The number of aliphatic hydroxyl groups excluding tert-OH is 2. The van der Waals surface area contributed by atoms with Gasteiger partial charge in [0.05, 0.1) is 54.7 Å². The van der Waals surface area contributed by atoms with Crippen molar-refractivity contribution in [3.8, 4) is 0 Å². The number of methoxy groups -OCH3 is 2. The number of likely N-dealkylation sites (N-methyl/N-ethyl adjacent to an activating group) is 1. The molecule has 0 spiro atoms. The van der Waals surface area contributed by atoms with Gasteiger partial charge in [-0.15, -0.1) is 0 Å². The van der Waals surface area contributed by atoms with Crippen molar-refractivity contribution in [3.05, 3.63) is 0 Å². The minimum absolute atomic E-state index is 0.0291. The van der Waals surface area contributed by atoms with Crippen molar-refractivity contribution in [2.45, 2.75) is 220 Å². The lowest BCUT2D eigenvalue weighted by Gasteiger charge is -2.45. The average Bonchev–Trinajstić information content (AvgIpc) is 3.42. The second kappa shape index (κ2) is 27.2. The van der Waals surface area contributed by atoms with Crippen LogP contribution in [0.15, 0.2) is 5.16 Å². The van der Waals surface area contributed by atoms with Gasteiger partial charge >= 0.3 is 17.9 Å². The topological polar surface area (TPSA) is 235 Å². The molecule has 0 saturated carbocycles. The number of rotatable bonds is 15. The third kappa shape index (κ3) is 15.6. The van der Waals surface area contributed by atoms with E-state index in [9.17, 15) is 19.8 Å². The lowest BCUT2D eigenvalue weighted by molar-refractivity contribution is -0.305. The summed E-state index contributed by atoms with van der Waals surface area (Å²) in [7, 11) is 6.30. The van der Waals surface area contributed by atoms with Gasteiger partial charge in [0.15, 0.2) is 30.3 Å². The number of esters is 3. The molecule has 0 amide bonds. The monoisotopic (exact) mass is 1030 g/mol. The minimum Gasteiger partial charge on any atom is -0.461 e. The molecule has 0 radical (unpaired) electrons. The summed E-state index contributed by atoms with van der Waals surface area (Å²) in [4.78, 5) is 64.8. The van der Waals surface area contributed by atoms with E-state index in [4.69, 9.17) is 56.9 Å². The third-order valence-corrected chi connectivity index (χ3v) is 15.0. The Kier molecular flexibility index (Phi) is 23.3. The highest BCUT2D eigenvalue weighted by atomic mass is 16.7. The van der Waals surface area contributed by atoms with Gasteiger partial charge in [-0.2, -0.15) is 0 Å². The largest absolute Gasteiger partial charge is 0.461 e. The molecule has 0 aromatic rings. The molecule has 0 aliphatic carbocycles. The summed E-state index contributed by atoms with van der Waals surface area (Å²) in [6, 6.07) is 0.0305. The maximum Gasteiger partial charge on any atom is 0.311 e. The van der Waals surface area contributed by atoms with Crippen LogP contribution in [0.25, 0.3) is 0 Å². The first-order valence-corrected chi connectivity index (χ1v) is 25.9. The highest BCUT2D eigenvalue weighted by Crippen LogP contribution is 2.40. The van der Waals surface area contributed by atoms with Crippen LogP contribution in [0.4, 0.5) is 0 Å². The molecule has 4 aliphatic rings. The number of hydrogen-bond acceptors (Lipinski definition) is 20. The smallest absolute Gasteiger partial charge is 0.311 e. The first-order valence-electron chi connectivity index (χ1n) is 25.9. The summed E-state index contributed by atoms with van der Waals surface area (Å²) in [6.45, 7) is 25.1. The van der Waals surface area contributed by atoms with E-state index >= 15 is 9.59 Å². The second-order valence-corrected chi connectivity index (χ2v) is 21.9. The average molecular weight is 1030 g/mol. The number of carbonyl (C=O) groups is 4. The van der Waals surface area contributed by atoms with Crippen molar-refractivity contribution < 1.29 is 86.3 Å². The fraction of sp³-hybridized carbons (Fsp3) is 0.904. The number of hydrogen-bond donors (Lipinski definition) is 2. The molecular weight excluding hydrogens is 941 g/mol. The Balaban J connectivity index is 1.94. The van der Waals surface area contributed by atoms with E-state index in [-0.39, 0.29) is 43.9 Å². The fourth-order valence-electron chi connectivity index (χ4n) is 11.1. The summed E-state index contributed by atoms with van der Waals surface area (Å²) >= 11 is 0. The molecule has 0 bridgehead atoms. The number of aliphatic hydroxyl groups is 2. The second-order valence-electron chi connectivity index (χ2n) is 21.9. The maximum absolute atomic E-state index is 15.4. The normalized spacial score (nSPS) is 42.3. The first-order chi connectivity index (χ1) is 33.7. The van der Waals surface area contributed by atoms with Gasteiger partial charge < -0.3 is 72.1 Å². The third-order valence-electron chi connectivity index (χ3n) is 15.0. The highest BCUT2D eigenvalue weighted by Gasteiger charge is 2.52. The predicted molar refractivity (Wildman–Crippen MR) is 262 cm³/mol. The molecule has 4 heterocycles. The van der Waals surface area contributed by atoms with E-state index in [2.05, 4.69) is 17.0 Å². The number of ether oxygens (including phenoxy) is 11. The van der Waals surface area contributed by atoms with Crippen molar-refractivity contribution in [1.29, 1.82) is 0 Å². The van der Waals surface area contributed by atoms with Crippen molar-refractivity contribution in [1.82, 2.24) is 4.90 Å². The lowest BCUT2D eigenvalue weighted by atomic mass is 9.74. The number of carbonyl (C=O) groups excluding carboxylic acids is 4. The maximum atomic E-state index is 15.4. The Morgan fingerprint density at radius 2 is 1.47 bits per heavy atom. The number of cyclic esters (lactones) is 1. The lowest BCUT2D eigenvalue weighted by Crippen LogP contribution is -2.59. The Hall–Kier alpha value is -2.89. The highest BCUT2D eigenvalue weighted by molar-refractivity contribution is 5.91. The Labute approximate surface area is 428 Å². The SMILES string of the molecule is CO/N=C1\C[C@@H](C)O[C@@H](O[C@@H]2[C@@H](C)[C@H](O[C@H]3C[C@H](C)N(C)C[C@H](C)O3)[C@@H](C)C(=O)O[C@H]([C@@H](C)CO[C@@H]3O[C@H](C)[C@@H](O)[C@@H](OC)[C@H]3OC)[C@H](C)[C@@H](OC(=O)CC(C)C)[C@@H](C)C(=O)[C@@](C)(OC(C)=O)C[C@@H]2C)[C@@H]1O. The molecular formula is C52H90N2O18. The molecule has 4 saturated heterocycles. The molecule has 2 N–H and O–H groups in total. The molecule has 0 unspecified atom stereocenters. The molecule has 4 fully saturated rings. The van der Waals surface area contributed by atoms with Gasteiger partial charge in [-0.1, -0.05) is 53.6 Å². The van der Waals surface area contributed by atoms with E-state index in [1.807, 2.05) is 48.6 Å². The van der Waals surface area contributed by atoms with Crippen LogP contribution < -0.4 is 0 Å². The number of ketones is 1. The van der Waals surface area contributed by atoms with Gasteiger partial charge in [-0.3, -0.25) is 19.2 Å². The fourth-order valence-corrected chi connectivity index (χ4v) is 11.1. The zero-order valence-corrected chi connectivity index (χ0v) is 46.3.